The van der Waals surface area contributed by atoms with Gasteiger partial charge in [-0.25, -0.2) is 13.1 Å². The molecule has 0 spiro atoms. The Hall–Kier alpha value is -0.910. The molecule has 0 saturated heterocycles. The first-order valence-corrected chi connectivity index (χ1v) is 8.26. The van der Waals surface area contributed by atoms with Crippen LogP contribution < -0.4 is 10.0 Å². The maximum absolute atomic E-state index is 12.0. The van der Waals surface area contributed by atoms with E-state index >= 15 is 0 Å². The molecular weight excluding hydrogens is 260 g/mol. The molecule has 0 aromatic heterocycles. The van der Waals surface area contributed by atoms with Gasteiger partial charge >= 0.3 is 0 Å². The lowest BCUT2D eigenvalue weighted by molar-refractivity contribution is 0.575. The maximum atomic E-state index is 12.0. The van der Waals surface area contributed by atoms with E-state index in [1.165, 1.54) is 0 Å². The Balaban J connectivity index is 2.68. The molecule has 19 heavy (non-hydrogen) atoms. The number of benzene rings is 1. The second kappa shape index (κ2) is 7.62. The molecule has 0 radical (unpaired) electrons. The molecule has 2 N–H and O–H groups in total. The smallest absolute Gasteiger partial charge is 0.240 e. The molecule has 5 heteroatoms. The van der Waals surface area contributed by atoms with E-state index in [1.807, 2.05) is 26.1 Å². The van der Waals surface area contributed by atoms with Crippen LogP contribution in [0.4, 0.5) is 0 Å². The lowest BCUT2D eigenvalue weighted by atomic mass is 10.1. The molecule has 0 bridgehead atoms. The fourth-order valence-electron chi connectivity index (χ4n) is 1.77. The molecule has 1 rings (SSSR count). The number of unbranched alkanes of at least 4 members (excludes halogenated alkanes) is 2. The van der Waals surface area contributed by atoms with E-state index in [-0.39, 0.29) is 6.04 Å². The summed E-state index contributed by atoms with van der Waals surface area (Å²) in [5.74, 6) is 0. The van der Waals surface area contributed by atoms with Crippen molar-refractivity contribution in [3.8, 4) is 0 Å². The van der Waals surface area contributed by atoms with Crippen LogP contribution in [-0.4, -0.2) is 22.0 Å². The van der Waals surface area contributed by atoms with Gasteiger partial charge < -0.3 is 5.32 Å². The van der Waals surface area contributed by atoms with Gasteiger partial charge in [0.15, 0.2) is 0 Å². The molecule has 0 fully saturated rings. The molecule has 0 aliphatic rings. The summed E-state index contributed by atoms with van der Waals surface area (Å²) in [4.78, 5) is 0.330. The van der Waals surface area contributed by atoms with Crippen molar-refractivity contribution in [2.75, 3.05) is 13.6 Å². The predicted molar refractivity (Wildman–Crippen MR) is 78.6 cm³/mol. The van der Waals surface area contributed by atoms with Crippen molar-refractivity contribution in [2.24, 2.45) is 0 Å². The van der Waals surface area contributed by atoms with E-state index in [0.29, 0.717) is 11.4 Å². The summed E-state index contributed by atoms with van der Waals surface area (Å²) in [6.07, 6.45) is 3.00. The Labute approximate surface area is 116 Å². The molecule has 1 atom stereocenters. The van der Waals surface area contributed by atoms with Gasteiger partial charge in [-0.2, -0.15) is 0 Å². The van der Waals surface area contributed by atoms with Gasteiger partial charge in [-0.1, -0.05) is 31.9 Å². The van der Waals surface area contributed by atoms with Crippen LogP contribution in [0.25, 0.3) is 0 Å². The Bertz CT molecular complexity index is 469. The minimum absolute atomic E-state index is 0.217. The Morgan fingerprint density at radius 3 is 2.32 bits per heavy atom. The standard InChI is InChI=1S/C14H24N2O2S/c1-4-5-6-11-16-19(17,18)14-9-7-13(8-10-14)12(2)15-3/h7-10,12,15-16H,4-6,11H2,1-3H3. The second-order valence-electron chi connectivity index (χ2n) is 4.68. The van der Waals surface area contributed by atoms with Gasteiger partial charge in [0.05, 0.1) is 4.90 Å². The highest BCUT2D eigenvalue weighted by atomic mass is 32.2. The third kappa shape index (κ3) is 4.93. The molecule has 0 saturated carbocycles. The average Bonchev–Trinajstić information content (AvgIpc) is 2.43. The molecule has 1 aromatic carbocycles. The summed E-state index contributed by atoms with van der Waals surface area (Å²) < 4.78 is 26.7. The summed E-state index contributed by atoms with van der Waals surface area (Å²) in [5.41, 5.74) is 1.08. The Kier molecular flexibility index (Phi) is 6.48. The fourth-order valence-corrected chi connectivity index (χ4v) is 2.84. The van der Waals surface area contributed by atoms with E-state index in [2.05, 4.69) is 17.0 Å². The normalized spacial score (nSPS) is 13.4. The topological polar surface area (TPSA) is 58.2 Å². The van der Waals surface area contributed by atoms with E-state index in [1.54, 1.807) is 12.1 Å². The molecule has 0 aliphatic heterocycles. The number of hydrogen-bond acceptors (Lipinski definition) is 3. The van der Waals surface area contributed by atoms with Gasteiger partial charge in [0.2, 0.25) is 10.0 Å². The van der Waals surface area contributed by atoms with E-state index in [0.717, 1.165) is 24.8 Å². The number of hydrogen-bond donors (Lipinski definition) is 2. The van der Waals surface area contributed by atoms with Crippen LogP contribution in [0.1, 0.15) is 44.7 Å². The minimum atomic E-state index is -3.36. The average molecular weight is 284 g/mol. The van der Waals surface area contributed by atoms with Crippen molar-refractivity contribution in [3.63, 3.8) is 0 Å². The number of rotatable bonds is 8. The van der Waals surface area contributed by atoms with Crippen LogP contribution >= 0.6 is 0 Å². The van der Waals surface area contributed by atoms with Crippen LogP contribution in [0, 0.1) is 0 Å². The van der Waals surface area contributed by atoms with E-state index < -0.39 is 10.0 Å². The van der Waals surface area contributed by atoms with Crippen LogP contribution in [-0.2, 0) is 10.0 Å². The van der Waals surface area contributed by atoms with Gasteiger partial charge in [-0.3, -0.25) is 0 Å². The summed E-state index contributed by atoms with van der Waals surface area (Å²) in [7, 11) is -1.48. The number of nitrogens with one attached hydrogen (secondary N) is 2. The molecule has 1 aromatic rings. The molecule has 0 heterocycles. The fraction of sp³-hybridized carbons (Fsp3) is 0.571. The highest BCUT2D eigenvalue weighted by molar-refractivity contribution is 7.89. The summed E-state index contributed by atoms with van der Waals surface area (Å²) >= 11 is 0. The van der Waals surface area contributed by atoms with E-state index in [4.69, 9.17) is 0 Å². The molecule has 1 unspecified atom stereocenters. The van der Waals surface area contributed by atoms with Crippen LogP contribution in [0.15, 0.2) is 29.2 Å². The first-order valence-electron chi connectivity index (χ1n) is 6.78. The quantitative estimate of drug-likeness (QED) is 0.721. The van der Waals surface area contributed by atoms with Crippen molar-refractivity contribution < 1.29 is 8.42 Å². The molecule has 0 amide bonds. The van der Waals surface area contributed by atoms with Gasteiger partial charge in [-0.15, -0.1) is 0 Å². The van der Waals surface area contributed by atoms with Crippen LogP contribution in [0.3, 0.4) is 0 Å². The maximum Gasteiger partial charge on any atom is 0.240 e. The van der Waals surface area contributed by atoms with Crippen molar-refractivity contribution >= 4 is 10.0 Å². The molecule has 0 aliphatic carbocycles. The highest BCUT2D eigenvalue weighted by Crippen LogP contribution is 2.15. The molecule has 108 valence electrons. The molecular formula is C14H24N2O2S. The van der Waals surface area contributed by atoms with Gasteiger partial charge in [0.1, 0.15) is 0 Å². The van der Waals surface area contributed by atoms with Gasteiger partial charge in [-0.05, 0) is 38.1 Å². The SMILES string of the molecule is CCCCCNS(=O)(=O)c1ccc(C(C)NC)cc1. The minimum Gasteiger partial charge on any atom is -0.313 e. The van der Waals surface area contributed by atoms with Gasteiger partial charge in [0, 0.05) is 12.6 Å². The zero-order valence-electron chi connectivity index (χ0n) is 11.9. The second-order valence-corrected chi connectivity index (χ2v) is 6.45. The third-order valence-electron chi connectivity index (χ3n) is 3.20. The summed E-state index contributed by atoms with van der Waals surface area (Å²) in [6.45, 7) is 4.63. The summed E-state index contributed by atoms with van der Waals surface area (Å²) in [6, 6.07) is 7.23. The predicted octanol–water partition coefficient (Wildman–Crippen LogP) is 2.44. The van der Waals surface area contributed by atoms with Crippen molar-refractivity contribution in [3.05, 3.63) is 29.8 Å². The zero-order chi connectivity index (χ0) is 14.3. The zero-order valence-corrected chi connectivity index (χ0v) is 12.8. The number of sulfonamides is 1. The van der Waals surface area contributed by atoms with Crippen molar-refractivity contribution in [2.45, 2.75) is 44.0 Å². The van der Waals surface area contributed by atoms with Crippen molar-refractivity contribution in [1.29, 1.82) is 0 Å². The van der Waals surface area contributed by atoms with Gasteiger partial charge in [0.25, 0.3) is 0 Å². The Morgan fingerprint density at radius 2 is 1.79 bits per heavy atom. The van der Waals surface area contributed by atoms with Crippen LogP contribution in [0.2, 0.25) is 0 Å². The lowest BCUT2D eigenvalue weighted by Gasteiger charge is -2.11. The third-order valence-corrected chi connectivity index (χ3v) is 4.67. The summed E-state index contributed by atoms with van der Waals surface area (Å²) in [5, 5.41) is 3.12. The first-order chi connectivity index (χ1) is 9.01. The largest absolute Gasteiger partial charge is 0.313 e. The highest BCUT2D eigenvalue weighted by Gasteiger charge is 2.13. The first kappa shape index (κ1) is 16.1. The van der Waals surface area contributed by atoms with E-state index in [9.17, 15) is 8.42 Å². The molecule has 4 nitrogen and oxygen atoms in total. The monoisotopic (exact) mass is 284 g/mol. The Morgan fingerprint density at radius 1 is 1.16 bits per heavy atom. The van der Waals surface area contributed by atoms with Crippen molar-refractivity contribution in [1.82, 2.24) is 10.0 Å². The van der Waals surface area contributed by atoms with Crippen LogP contribution in [0.5, 0.6) is 0 Å². The lowest BCUT2D eigenvalue weighted by Crippen LogP contribution is -2.24.